The summed E-state index contributed by atoms with van der Waals surface area (Å²) in [4.78, 5) is 82.6. The van der Waals surface area contributed by atoms with Gasteiger partial charge >= 0.3 is 35.8 Å². The van der Waals surface area contributed by atoms with Gasteiger partial charge in [-0.3, -0.25) is 38.9 Å². The molecular formula is C29H35NO18. The van der Waals surface area contributed by atoms with Gasteiger partial charge in [-0.25, -0.2) is 0 Å². The van der Waals surface area contributed by atoms with Gasteiger partial charge in [-0.05, 0) is 12.1 Å². The monoisotopic (exact) mass is 685 g/mol. The number of rotatable bonds is 13. The fourth-order valence-corrected chi connectivity index (χ4v) is 4.84. The van der Waals surface area contributed by atoms with Crippen molar-refractivity contribution in [1.82, 2.24) is 0 Å². The van der Waals surface area contributed by atoms with Crippen LogP contribution < -0.4 is 4.74 Å². The number of nitro benzene ring substituents is 1. The molecule has 0 N–H and O–H groups in total. The summed E-state index contributed by atoms with van der Waals surface area (Å²) in [5, 5.41) is 11.1. The molecule has 1 aromatic rings. The molecule has 0 unspecified atom stereocenters. The maximum Gasteiger partial charge on any atom is 0.303 e. The number of nitrogens with zero attached hydrogens (tertiary/aromatic N) is 1. The molecule has 1 aromatic carbocycles. The Bertz CT molecular complexity index is 1360. The van der Waals surface area contributed by atoms with Crippen LogP contribution in [-0.4, -0.2) is 109 Å². The van der Waals surface area contributed by atoms with E-state index in [9.17, 15) is 38.9 Å². The lowest BCUT2D eigenvalue weighted by molar-refractivity contribution is -0.384. The van der Waals surface area contributed by atoms with Crippen molar-refractivity contribution in [2.45, 2.75) is 96.9 Å². The highest BCUT2D eigenvalue weighted by Crippen LogP contribution is 2.36. The van der Waals surface area contributed by atoms with Crippen LogP contribution in [0, 0.1) is 10.1 Å². The van der Waals surface area contributed by atoms with Crippen LogP contribution in [0.4, 0.5) is 5.69 Å². The van der Waals surface area contributed by atoms with Crippen LogP contribution in [0.1, 0.15) is 41.5 Å². The number of nitro groups is 1. The lowest BCUT2D eigenvalue weighted by atomic mass is 9.97. The smallest absolute Gasteiger partial charge is 0.303 e. The topological polar surface area (TPSA) is 238 Å². The molecule has 0 spiro atoms. The lowest BCUT2D eigenvalue weighted by Gasteiger charge is -2.45. The van der Waals surface area contributed by atoms with E-state index in [0.717, 1.165) is 53.7 Å². The van der Waals surface area contributed by atoms with E-state index in [1.807, 2.05) is 0 Å². The molecule has 19 nitrogen and oxygen atoms in total. The molecule has 2 saturated heterocycles. The van der Waals surface area contributed by atoms with E-state index in [4.69, 9.17) is 47.4 Å². The third-order valence-electron chi connectivity index (χ3n) is 6.56. The lowest BCUT2D eigenvalue weighted by Crippen LogP contribution is -2.64. The van der Waals surface area contributed by atoms with Gasteiger partial charge in [0.05, 0.1) is 4.92 Å². The second-order valence-corrected chi connectivity index (χ2v) is 10.5. The Morgan fingerprint density at radius 3 is 1.48 bits per heavy atom. The minimum Gasteiger partial charge on any atom is -0.463 e. The molecule has 0 radical (unpaired) electrons. The molecular weight excluding hydrogens is 650 g/mol. The number of carbonyl (C=O) groups is 6. The minimum atomic E-state index is -1.63. The highest BCUT2D eigenvalue weighted by molar-refractivity contribution is 5.68. The van der Waals surface area contributed by atoms with Gasteiger partial charge in [0.25, 0.3) is 5.69 Å². The zero-order valence-corrected chi connectivity index (χ0v) is 26.7. The van der Waals surface area contributed by atoms with E-state index in [-0.39, 0.29) is 11.4 Å². The van der Waals surface area contributed by atoms with Gasteiger partial charge in [0, 0.05) is 53.7 Å². The summed E-state index contributed by atoms with van der Waals surface area (Å²) in [5.41, 5.74) is -0.250. The Balaban J connectivity index is 2.06. The van der Waals surface area contributed by atoms with Gasteiger partial charge in [-0.15, -0.1) is 0 Å². The summed E-state index contributed by atoms with van der Waals surface area (Å²) in [6.45, 7) is 5.45. The maximum atomic E-state index is 12.4. The molecule has 0 amide bonds. The standard InChI is InChI=1S/C29H35NO18/c1-13(31)39-11-21-23(48-29-26(43-17(5)35)24(41-15(3)33)22(47-29)12-40-14(2)32)25(42-16(4)34)27(44-18(6)36)28(46-21)45-20-9-7-19(8-10-20)30(37)38/h7-10,21-29H,11-12H2,1-6H3/t21-,22+,23-,24+,25+,26-,27-,28-,29+/m1/s1. The summed E-state index contributed by atoms with van der Waals surface area (Å²) in [6, 6.07) is 4.77. The zero-order valence-electron chi connectivity index (χ0n) is 26.7. The van der Waals surface area contributed by atoms with Crippen LogP contribution >= 0.6 is 0 Å². The normalized spacial score (nSPS) is 27.9. The Labute approximate surface area is 273 Å². The molecule has 2 aliphatic rings. The summed E-state index contributed by atoms with van der Waals surface area (Å²) < 4.78 is 55.9. The van der Waals surface area contributed by atoms with Crippen LogP contribution in [0.25, 0.3) is 0 Å². The third-order valence-corrected chi connectivity index (χ3v) is 6.56. The van der Waals surface area contributed by atoms with Gasteiger partial charge in [-0.2, -0.15) is 0 Å². The highest BCUT2D eigenvalue weighted by atomic mass is 16.8. The predicted molar refractivity (Wildman–Crippen MR) is 151 cm³/mol. The van der Waals surface area contributed by atoms with Gasteiger partial charge in [-0.1, -0.05) is 0 Å². The zero-order chi connectivity index (χ0) is 35.7. The number of carbonyl (C=O) groups excluding carboxylic acids is 6. The average molecular weight is 686 g/mol. The van der Waals surface area contributed by atoms with E-state index < -0.39 is 109 Å². The molecule has 0 bridgehead atoms. The Morgan fingerprint density at radius 2 is 1.02 bits per heavy atom. The van der Waals surface area contributed by atoms with Crippen LogP contribution in [-0.2, 0) is 71.4 Å². The molecule has 19 heteroatoms. The van der Waals surface area contributed by atoms with Gasteiger partial charge < -0.3 is 47.4 Å². The number of hydrogen-bond acceptors (Lipinski definition) is 18. The minimum absolute atomic E-state index is 0.0153. The van der Waals surface area contributed by atoms with Crippen LogP contribution in [0.5, 0.6) is 5.75 Å². The van der Waals surface area contributed by atoms with Crippen molar-refractivity contribution in [3.05, 3.63) is 34.4 Å². The van der Waals surface area contributed by atoms with Crippen molar-refractivity contribution < 1.29 is 81.1 Å². The van der Waals surface area contributed by atoms with Crippen molar-refractivity contribution in [3.8, 4) is 5.75 Å². The largest absolute Gasteiger partial charge is 0.463 e. The first-order valence-electron chi connectivity index (χ1n) is 14.4. The summed E-state index contributed by atoms with van der Waals surface area (Å²) in [6.07, 6.45) is -13.4. The van der Waals surface area contributed by atoms with Gasteiger partial charge in [0.1, 0.15) is 37.3 Å². The van der Waals surface area contributed by atoms with E-state index >= 15 is 0 Å². The van der Waals surface area contributed by atoms with Gasteiger partial charge in [0.15, 0.2) is 24.6 Å². The third kappa shape index (κ3) is 10.6. The van der Waals surface area contributed by atoms with E-state index in [2.05, 4.69) is 0 Å². The molecule has 48 heavy (non-hydrogen) atoms. The molecule has 0 saturated carbocycles. The first-order valence-corrected chi connectivity index (χ1v) is 14.4. The maximum absolute atomic E-state index is 12.4. The molecule has 0 aromatic heterocycles. The van der Waals surface area contributed by atoms with Crippen molar-refractivity contribution in [2.75, 3.05) is 13.2 Å². The number of esters is 6. The second kappa shape index (κ2) is 16.8. The van der Waals surface area contributed by atoms with Crippen LogP contribution in [0.2, 0.25) is 0 Å². The van der Waals surface area contributed by atoms with E-state index in [1.54, 1.807) is 0 Å². The van der Waals surface area contributed by atoms with Crippen molar-refractivity contribution in [2.24, 2.45) is 0 Å². The van der Waals surface area contributed by atoms with Crippen molar-refractivity contribution >= 4 is 41.5 Å². The Kier molecular flexibility index (Phi) is 13.1. The Hall–Kier alpha value is -4.88. The molecule has 3 rings (SSSR count). The molecule has 9 atom stereocenters. The van der Waals surface area contributed by atoms with E-state index in [1.165, 1.54) is 12.1 Å². The fourth-order valence-electron chi connectivity index (χ4n) is 4.84. The molecule has 2 fully saturated rings. The average Bonchev–Trinajstić information content (AvgIpc) is 3.27. The quantitative estimate of drug-likeness (QED) is 0.120. The summed E-state index contributed by atoms with van der Waals surface area (Å²) >= 11 is 0. The molecule has 2 heterocycles. The highest BCUT2D eigenvalue weighted by Gasteiger charge is 2.57. The SMILES string of the molecule is CC(=O)OC[C@@H]1O[C@@H](O[C@H]2[C@H](OC(C)=O)[C@@H](OC(C)=O)[C@H](Oc3ccc([N+](=O)[O-])cc3)O[C@@H]2COC(C)=O)[C@H](OC(C)=O)[C@H]1OC(C)=O. The van der Waals surface area contributed by atoms with Gasteiger partial charge in [0.2, 0.25) is 12.4 Å². The van der Waals surface area contributed by atoms with E-state index in [0.29, 0.717) is 0 Å². The van der Waals surface area contributed by atoms with Crippen molar-refractivity contribution in [1.29, 1.82) is 0 Å². The first-order chi connectivity index (χ1) is 22.5. The second-order valence-electron chi connectivity index (χ2n) is 10.5. The number of non-ortho nitro benzene ring substituents is 1. The molecule has 264 valence electrons. The van der Waals surface area contributed by atoms with Crippen molar-refractivity contribution in [3.63, 3.8) is 0 Å². The number of hydrogen-bond donors (Lipinski definition) is 0. The first kappa shape index (κ1) is 37.6. The summed E-state index contributed by atoms with van der Waals surface area (Å²) in [7, 11) is 0. The molecule has 2 aliphatic heterocycles. The van der Waals surface area contributed by atoms with Crippen LogP contribution in [0.15, 0.2) is 24.3 Å². The fraction of sp³-hybridized carbons (Fsp3) is 0.586. The number of benzene rings is 1. The number of ether oxygens (including phenoxy) is 10. The van der Waals surface area contributed by atoms with Crippen LogP contribution in [0.3, 0.4) is 0 Å². The molecule has 0 aliphatic carbocycles. The summed E-state index contributed by atoms with van der Waals surface area (Å²) in [5.74, 6) is -4.84. The Morgan fingerprint density at radius 1 is 0.604 bits per heavy atom. The predicted octanol–water partition coefficient (Wildman–Crippen LogP) is 0.662.